The quantitative estimate of drug-likeness (QED) is 0.345. The lowest BCUT2D eigenvalue weighted by atomic mass is 10.3. The molecule has 0 fully saturated rings. The summed E-state index contributed by atoms with van der Waals surface area (Å²) in [6.45, 7) is 0.674. The van der Waals surface area contributed by atoms with Gasteiger partial charge in [0.1, 0.15) is 0 Å². The second-order valence-corrected chi connectivity index (χ2v) is 2.17. The SMILES string of the molecule is NCCC#CCCCS. The van der Waals surface area contributed by atoms with E-state index in [1.807, 2.05) is 0 Å². The van der Waals surface area contributed by atoms with Crippen LogP contribution in [0.3, 0.4) is 0 Å². The van der Waals surface area contributed by atoms with E-state index in [2.05, 4.69) is 24.5 Å². The van der Waals surface area contributed by atoms with Gasteiger partial charge in [0, 0.05) is 19.4 Å². The molecule has 0 aliphatic carbocycles. The summed E-state index contributed by atoms with van der Waals surface area (Å²) in [7, 11) is 0. The zero-order chi connectivity index (χ0) is 6.95. The predicted octanol–water partition coefficient (Wildman–Crippen LogP) is 1.05. The first-order chi connectivity index (χ1) is 4.41. The molecule has 0 aromatic carbocycles. The molecule has 0 atom stereocenters. The number of hydrogen-bond acceptors (Lipinski definition) is 2. The molecule has 52 valence electrons. The summed E-state index contributed by atoms with van der Waals surface area (Å²) in [5.41, 5.74) is 5.23. The van der Waals surface area contributed by atoms with Gasteiger partial charge in [-0.05, 0) is 12.2 Å². The maximum Gasteiger partial charge on any atom is 0.0212 e. The molecule has 0 unspecified atom stereocenters. The molecular weight excluding hydrogens is 130 g/mol. The third kappa shape index (κ3) is 7.87. The zero-order valence-corrected chi connectivity index (χ0v) is 6.45. The molecule has 0 heterocycles. The van der Waals surface area contributed by atoms with E-state index >= 15 is 0 Å². The summed E-state index contributed by atoms with van der Waals surface area (Å²) in [4.78, 5) is 0. The Labute approximate surface area is 62.4 Å². The van der Waals surface area contributed by atoms with Crippen molar-refractivity contribution in [2.24, 2.45) is 5.73 Å². The molecule has 2 heteroatoms. The number of thiol groups is 1. The minimum Gasteiger partial charge on any atom is -0.330 e. The van der Waals surface area contributed by atoms with E-state index in [1.54, 1.807) is 0 Å². The van der Waals surface area contributed by atoms with Gasteiger partial charge < -0.3 is 5.73 Å². The highest BCUT2D eigenvalue weighted by Crippen LogP contribution is 1.87. The van der Waals surface area contributed by atoms with Crippen molar-refractivity contribution in [2.45, 2.75) is 19.3 Å². The van der Waals surface area contributed by atoms with Crippen molar-refractivity contribution >= 4 is 12.6 Å². The molecule has 0 radical (unpaired) electrons. The second-order valence-electron chi connectivity index (χ2n) is 1.72. The smallest absolute Gasteiger partial charge is 0.0212 e. The van der Waals surface area contributed by atoms with E-state index in [4.69, 9.17) is 5.73 Å². The van der Waals surface area contributed by atoms with Gasteiger partial charge in [0.25, 0.3) is 0 Å². The molecule has 0 saturated carbocycles. The highest BCUT2D eigenvalue weighted by atomic mass is 32.1. The lowest BCUT2D eigenvalue weighted by Crippen LogP contribution is -1.95. The van der Waals surface area contributed by atoms with Crippen molar-refractivity contribution in [3.8, 4) is 11.8 Å². The Morgan fingerprint density at radius 2 is 1.89 bits per heavy atom. The number of hydrogen-bond donors (Lipinski definition) is 2. The van der Waals surface area contributed by atoms with Crippen molar-refractivity contribution in [1.82, 2.24) is 0 Å². The highest BCUT2D eigenvalue weighted by molar-refractivity contribution is 7.80. The molecule has 2 N–H and O–H groups in total. The average molecular weight is 143 g/mol. The normalized spacial score (nSPS) is 8.22. The molecule has 0 aromatic rings. The number of nitrogens with two attached hydrogens (primary N) is 1. The van der Waals surface area contributed by atoms with Crippen LogP contribution in [0.1, 0.15) is 19.3 Å². The van der Waals surface area contributed by atoms with Crippen LogP contribution in [-0.2, 0) is 0 Å². The number of unbranched alkanes of at least 4 members (excludes halogenated alkanes) is 1. The molecule has 0 aromatic heterocycles. The molecule has 0 spiro atoms. The summed E-state index contributed by atoms with van der Waals surface area (Å²) < 4.78 is 0. The molecule has 0 aliphatic rings. The first-order valence-corrected chi connectivity index (χ1v) is 3.81. The maximum atomic E-state index is 5.23. The summed E-state index contributed by atoms with van der Waals surface area (Å²) >= 11 is 4.05. The lowest BCUT2D eigenvalue weighted by molar-refractivity contribution is 0.989. The Morgan fingerprint density at radius 1 is 1.22 bits per heavy atom. The van der Waals surface area contributed by atoms with Gasteiger partial charge in [-0.25, -0.2) is 0 Å². The van der Waals surface area contributed by atoms with Gasteiger partial charge in [-0.3, -0.25) is 0 Å². The Balaban J connectivity index is 2.96. The van der Waals surface area contributed by atoms with Gasteiger partial charge in [-0.1, -0.05) is 0 Å². The van der Waals surface area contributed by atoms with Crippen LogP contribution >= 0.6 is 12.6 Å². The van der Waals surface area contributed by atoms with Crippen LogP contribution in [0.4, 0.5) is 0 Å². The molecule has 0 aliphatic heterocycles. The fourth-order valence-corrected chi connectivity index (χ4v) is 0.575. The second kappa shape index (κ2) is 7.87. The van der Waals surface area contributed by atoms with Gasteiger partial charge in [-0.15, -0.1) is 11.8 Å². The summed E-state index contributed by atoms with van der Waals surface area (Å²) in [5, 5.41) is 0. The topological polar surface area (TPSA) is 26.0 Å². The zero-order valence-electron chi connectivity index (χ0n) is 5.56. The van der Waals surface area contributed by atoms with Crippen LogP contribution in [0.15, 0.2) is 0 Å². The van der Waals surface area contributed by atoms with Crippen LogP contribution in [-0.4, -0.2) is 12.3 Å². The van der Waals surface area contributed by atoms with Crippen LogP contribution in [0.5, 0.6) is 0 Å². The standard InChI is InChI=1S/C7H13NS/c8-6-4-2-1-3-5-7-9/h9H,3-8H2. The monoisotopic (exact) mass is 143 g/mol. The van der Waals surface area contributed by atoms with Crippen LogP contribution in [0.2, 0.25) is 0 Å². The summed E-state index contributed by atoms with van der Waals surface area (Å²) in [6.07, 6.45) is 2.87. The van der Waals surface area contributed by atoms with Crippen molar-refractivity contribution in [3.05, 3.63) is 0 Å². The molecule has 0 bridgehead atoms. The fourth-order valence-electron chi connectivity index (χ4n) is 0.416. The Morgan fingerprint density at radius 3 is 2.44 bits per heavy atom. The van der Waals surface area contributed by atoms with Gasteiger partial charge in [0.2, 0.25) is 0 Å². The highest BCUT2D eigenvalue weighted by Gasteiger charge is 1.75. The summed E-state index contributed by atoms with van der Waals surface area (Å²) in [6, 6.07) is 0. The van der Waals surface area contributed by atoms with Gasteiger partial charge in [-0.2, -0.15) is 12.6 Å². The van der Waals surface area contributed by atoms with E-state index in [-0.39, 0.29) is 0 Å². The summed E-state index contributed by atoms with van der Waals surface area (Å²) in [5.74, 6) is 6.90. The Kier molecular flexibility index (Phi) is 7.76. The molecule has 0 saturated heterocycles. The van der Waals surface area contributed by atoms with Crippen molar-refractivity contribution < 1.29 is 0 Å². The average Bonchev–Trinajstić information content (AvgIpc) is 1.89. The maximum absolute atomic E-state index is 5.23. The van der Waals surface area contributed by atoms with E-state index in [0.29, 0.717) is 6.54 Å². The van der Waals surface area contributed by atoms with E-state index in [9.17, 15) is 0 Å². The van der Waals surface area contributed by atoms with Gasteiger partial charge in [0.05, 0.1) is 0 Å². The first kappa shape index (κ1) is 8.87. The third-order valence-electron chi connectivity index (χ3n) is 0.854. The minimum absolute atomic E-state index is 0.674. The van der Waals surface area contributed by atoms with Gasteiger partial charge >= 0.3 is 0 Å². The van der Waals surface area contributed by atoms with E-state index < -0.39 is 0 Å². The van der Waals surface area contributed by atoms with E-state index in [1.165, 1.54) is 0 Å². The molecule has 0 amide bonds. The van der Waals surface area contributed by atoms with Crippen molar-refractivity contribution in [3.63, 3.8) is 0 Å². The number of rotatable bonds is 3. The first-order valence-electron chi connectivity index (χ1n) is 3.18. The third-order valence-corrected chi connectivity index (χ3v) is 1.17. The molecule has 0 rings (SSSR count). The van der Waals surface area contributed by atoms with Crippen LogP contribution in [0, 0.1) is 11.8 Å². The van der Waals surface area contributed by atoms with Crippen molar-refractivity contribution in [2.75, 3.05) is 12.3 Å². The lowest BCUT2D eigenvalue weighted by Gasteiger charge is -1.82. The molecule has 9 heavy (non-hydrogen) atoms. The predicted molar refractivity (Wildman–Crippen MR) is 44.5 cm³/mol. The van der Waals surface area contributed by atoms with E-state index in [0.717, 1.165) is 25.0 Å². The van der Waals surface area contributed by atoms with Crippen molar-refractivity contribution in [1.29, 1.82) is 0 Å². The minimum atomic E-state index is 0.674. The Bertz CT molecular complexity index is 101. The largest absolute Gasteiger partial charge is 0.330 e. The van der Waals surface area contributed by atoms with Gasteiger partial charge in [0.15, 0.2) is 0 Å². The van der Waals surface area contributed by atoms with Crippen LogP contribution in [0.25, 0.3) is 0 Å². The van der Waals surface area contributed by atoms with Crippen LogP contribution < -0.4 is 5.73 Å². The molecular formula is C7H13NS. The Hall–Kier alpha value is -0.130. The molecule has 1 nitrogen and oxygen atoms in total. The fraction of sp³-hybridized carbons (Fsp3) is 0.714.